The molecule has 0 spiro atoms. The maximum atomic E-state index is 13.5. The molecule has 0 bridgehead atoms. The molecule has 1 aromatic heterocycles. The first-order valence-corrected chi connectivity index (χ1v) is 12.0. The second kappa shape index (κ2) is 10.3. The van der Waals surface area contributed by atoms with Gasteiger partial charge in [-0.05, 0) is 61.8 Å². The van der Waals surface area contributed by atoms with Crippen LogP contribution >= 0.6 is 0 Å². The molecule has 0 aliphatic carbocycles. The lowest BCUT2D eigenvalue weighted by Gasteiger charge is -2.22. The molecule has 0 atom stereocenters. The highest BCUT2D eigenvalue weighted by Gasteiger charge is 2.24. The summed E-state index contributed by atoms with van der Waals surface area (Å²) in [5, 5.41) is 23.3. The SMILES string of the molecule is O=C(O)COc1ccc(-c2cc(C(=O)C3CCNCC3)cc3c2[nH]c2ccccc23)cc1OCC(=O)O. The minimum absolute atomic E-state index is 0.0574. The Morgan fingerprint density at radius 2 is 1.54 bits per heavy atom. The number of hydrogen-bond donors (Lipinski definition) is 4. The van der Waals surface area contributed by atoms with Crippen molar-refractivity contribution in [1.82, 2.24) is 10.3 Å². The van der Waals surface area contributed by atoms with Gasteiger partial charge in [0.2, 0.25) is 0 Å². The molecule has 5 rings (SSSR count). The molecule has 1 fully saturated rings. The molecule has 0 radical (unpaired) electrons. The van der Waals surface area contributed by atoms with Crippen molar-refractivity contribution in [3.05, 3.63) is 60.2 Å². The Balaban J connectivity index is 1.65. The molecule has 1 aliphatic heterocycles. The van der Waals surface area contributed by atoms with Gasteiger partial charge in [-0.1, -0.05) is 24.3 Å². The van der Waals surface area contributed by atoms with Gasteiger partial charge in [-0.2, -0.15) is 0 Å². The molecule has 190 valence electrons. The Morgan fingerprint density at radius 1 is 0.838 bits per heavy atom. The Hall–Kier alpha value is -4.37. The monoisotopic (exact) mass is 502 g/mol. The third-order valence-electron chi connectivity index (χ3n) is 6.57. The van der Waals surface area contributed by atoms with Crippen molar-refractivity contribution in [2.75, 3.05) is 26.3 Å². The van der Waals surface area contributed by atoms with E-state index in [2.05, 4.69) is 10.3 Å². The summed E-state index contributed by atoms with van der Waals surface area (Å²) in [5.74, 6) is -2.10. The number of Topliss-reactive ketones (excluding diaryl/α,β-unsaturated/α-hetero) is 1. The first kappa shape index (κ1) is 24.3. The summed E-state index contributed by atoms with van der Waals surface area (Å²) < 4.78 is 10.7. The summed E-state index contributed by atoms with van der Waals surface area (Å²) in [5.41, 5.74) is 3.77. The lowest BCUT2D eigenvalue weighted by molar-refractivity contribution is -0.140. The van der Waals surface area contributed by atoms with Crippen LogP contribution in [0.3, 0.4) is 0 Å². The van der Waals surface area contributed by atoms with E-state index in [1.54, 1.807) is 18.2 Å². The molecule has 4 aromatic rings. The van der Waals surface area contributed by atoms with E-state index in [1.165, 1.54) is 0 Å². The van der Waals surface area contributed by atoms with Crippen molar-refractivity contribution in [3.8, 4) is 22.6 Å². The highest BCUT2D eigenvalue weighted by molar-refractivity contribution is 6.15. The summed E-state index contributed by atoms with van der Waals surface area (Å²) in [6, 6.07) is 16.5. The van der Waals surface area contributed by atoms with E-state index in [-0.39, 0.29) is 23.2 Å². The maximum absolute atomic E-state index is 13.5. The predicted molar refractivity (Wildman–Crippen MR) is 137 cm³/mol. The number of piperidine rings is 1. The van der Waals surface area contributed by atoms with E-state index in [1.807, 2.05) is 36.4 Å². The number of benzene rings is 3. The number of nitrogens with one attached hydrogen (secondary N) is 2. The number of carbonyl (C=O) groups is 3. The summed E-state index contributed by atoms with van der Waals surface area (Å²) in [4.78, 5) is 39.1. The lowest BCUT2D eigenvalue weighted by Crippen LogP contribution is -2.31. The summed E-state index contributed by atoms with van der Waals surface area (Å²) in [7, 11) is 0. The maximum Gasteiger partial charge on any atom is 0.341 e. The van der Waals surface area contributed by atoms with Gasteiger partial charge in [0.1, 0.15) is 0 Å². The molecule has 9 heteroatoms. The van der Waals surface area contributed by atoms with Gasteiger partial charge in [-0.15, -0.1) is 0 Å². The van der Waals surface area contributed by atoms with Crippen LogP contribution in [0.4, 0.5) is 0 Å². The van der Waals surface area contributed by atoms with Gasteiger partial charge in [-0.25, -0.2) is 9.59 Å². The topological polar surface area (TPSA) is 138 Å². The molecular weight excluding hydrogens is 476 g/mol. The fourth-order valence-electron chi connectivity index (χ4n) is 4.83. The van der Waals surface area contributed by atoms with Crippen molar-refractivity contribution >= 4 is 39.5 Å². The van der Waals surface area contributed by atoms with Crippen LogP contribution in [0.25, 0.3) is 32.9 Å². The third kappa shape index (κ3) is 5.12. The number of rotatable bonds is 9. The first-order chi connectivity index (χ1) is 17.9. The van der Waals surface area contributed by atoms with E-state index in [9.17, 15) is 14.4 Å². The van der Waals surface area contributed by atoms with Crippen LogP contribution in [-0.4, -0.2) is 59.2 Å². The molecule has 0 unspecified atom stereocenters. The summed E-state index contributed by atoms with van der Waals surface area (Å²) in [6.07, 6.45) is 1.56. The van der Waals surface area contributed by atoms with Crippen LogP contribution in [0.2, 0.25) is 0 Å². The first-order valence-electron chi connectivity index (χ1n) is 12.0. The number of carbonyl (C=O) groups excluding carboxylic acids is 1. The Morgan fingerprint density at radius 3 is 2.27 bits per heavy atom. The Bertz CT molecular complexity index is 1500. The third-order valence-corrected chi connectivity index (χ3v) is 6.57. The molecule has 1 saturated heterocycles. The second-order valence-electron chi connectivity index (χ2n) is 9.03. The number of aliphatic carboxylic acids is 2. The summed E-state index contributed by atoms with van der Waals surface area (Å²) in [6.45, 7) is 0.388. The zero-order valence-electron chi connectivity index (χ0n) is 20.0. The molecule has 4 N–H and O–H groups in total. The lowest BCUT2D eigenvalue weighted by atomic mass is 9.87. The quantitative estimate of drug-likeness (QED) is 0.251. The number of hydrogen-bond acceptors (Lipinski definition) is 6. The van der Waals surface area contributed by atoms with Gasteiger partial charge < -0.3 is 30.0 Å². The van der Waals surface area contributed by atoms with Crippen molar-refractivity contribution in [2.24, 2.45) is 5.92 Å². The van der Waals surface area contributed by atoms with E-state index < -0.39 is 25.2 Å². The largest absolute Gasteiger partial charge is 0.479 e. The number of ether oxygens (including phenoxy) is 2. The van der Waals surface area contributed by atoms with Gasteiger partial charge >= 0.3 is 11.9 Å². The molecule has 9 nitrogen and oxygen atoms in total. The number of fused-ring (bicyclic) bond motifs is 3. The average molecular weight is 503 g/mol. The van der Waals surface area contributed by atoms with Crippen LogP contribution in [0, 0.1) is 5.92 Å². The smallest absolute Gasteiger partial charge is 0.341 e. The number of carboxylic acids is 2. The van der Waals surface area contributed by atoms with Crippen LogP contribution in [-0.2, 0) is 9.59 Å². The van der Waals surface area contributed by atoms with Gasteiger partial charge in [0.05, 0.1) is 5.52 Å². The second-order valence-corrected chi connectivity index (χ2v) is 9.03. The van der Waals surface area contributed by atoms with Crippen molar-refractivity contribution in [3.63, 3.8) is 0 Å². The van der Waals surface area contributed by atoms with Crippen molar-refractivity contribution in [2.45, 2.75) is 12.8 Å². The zero-order valence-corrected chi connectivity index (χ0v) is 20.0. The van der Waals surface area contributed by atoms with Crippen LogP contribution in [0.15, 0.2) is 54.6 Å². The molecular formula is C28H26N2O7. The van der Waals surface area contributed by atoms with Gasteiger partial charge in [0.25, 0.3) is 0 Å². The van der Waals surface area contributed by atoms with Gasteiger partial charge in [0.15, 0.2) is 30.5 Å². The zero-order chi connectivity index (χ0) is 25.9. The number of para-hydroxylation sites is 1. The molecule has 0 amide bonds. The molecule has 3 aromatic carbocycles. The van der Waals surface area contributed by atoms with E-state index in [4.69, 9.17) is 19.7 Å². The highest BCUT2D eigenvalue weighted by atomic mass is 16.5. The van der Waals surface area contributed by atoms with Crippen molar-refractivity contribution < 1.29 is 34.1 Å². The number of carboxylic acid groups (broad SMARTS) is 2. The molecule has 1 aliphatic rings. The van der Waals surface area contributed by atoms with Crippen LogP contribution in [0.1, 0.15) is 23.2 Å². The summed E-state index contributed by atoms with van der Waals surface area (Å²) >= 11 is 0. The number of ketones is 1. The fourth-order valence-corrected chi connectivity index (χ4v) is 4.83. The Kier molecular flexibility index (Phi) is 6.78. The highest BCUT2D eigenvalue weighted by Crippen LogP contribution is 2.39. The van der Waals surface area contributed by atoms with Crippen molar-refractivity contribution in [1.29, 1.82) is 0 Å². The minimum Gasteiger partial charge on any atom is -0.479 e. The number of H-pyrrole nitrogens is 1. The average Bonchev–Trinajstić information content (AvgIpc) is 3.29. The standard InChI is InChI=1S/C28H26N2O7/c31-25(32)14-36-23-6-5-17(13-24(23)37-15-26(33)34)20-11-18(28(35)16-7-9-29-10-8-16)12-21-19-3-1-2-4-22(19)30-27(20)21/h1-6,11-13,16,29-30H,7-10,14-15H2,(H,31,32)(H,33,34). The minimum atomic E-state index is -1.18. The fraction of sp³-hybridized carbons (Fsp3) is 0.250. The molecule has 0 saturated carbocycles. The van der Waals surface area contributed by atoms with E-state index in [0.29, 0.717) is 11.1 Å². The van der Waals surface area contributed by atoms with Gasteiger partial charge in [-0.3, -0.25) is 4.79 Å². The van der Waals surface area contributed by atoms with Crippen LogP contribution in [0.5, 0.6) is 11.5 Å². The molecule has 37 heavy (non-hydrogen) atoms. The van der Waals surface area contributed by atoms with E-state index in [0.717, 1.165) is 53.3 Å². The number of aromatic nitrogens is 1. The van der Waals surface area contributed by atoms with Crippen LogP contribution < -0.4 is 14.8 Å². The van der Waals surface area contributed by atoms with Gasteiger partial charge in [0, 0.05) is 33.3 Å². The predicted octanol–water partition coefficient (Wildman–Crippen LogP) is 4.10. The normalized spacial score (nSPS) is 14.1. The number of aromatic amines is 1. The Labute approximate surface area is 212 Å². The molecule has 2 heterocycles. The van der Waals surface area contributed by atoms with E-state index >= 15 is 0 Å².